The van der Waals surface area contributed by atoms with E-state index in [9.17, 15) is 14.7 Å². The molecule has 0 aromatic heterocycles. The van der Waals surface area contributed by atoms with Crippen LogP contribution in [0, 0.1) is 22.7 Å². The summed E-state index contributed by atoms with van der Waals surface area (Å²) < 4.78 is 32.3. The van der Waals surface area contributed by atoms with E-state index >= 15 is 4.79 Å². The van der Waals surface area contributed by atoms with Gasteiger partial charge in [-0.2, -0.15) is 5.06 Å². The fraction of sp³-hybridized carbons (Fsp3) is 0.566. The molecule has 12 nitrogen and oxygen atoms in total. The Morgan fingerprint density at radius 2 is 1.63 bits per heavy atom. The zero-order valence-corrected chi connectivity index (χ0v) is 38.5. The lowest BCUT2D eigenvalue weighted by molar-refractivity contribution is -0.213. The summed E-state index contributed by atoms with van der Waals surface area (Å²) in [4.78, 5) is 49.5. The lowest BCUT2D eigenvalue weighted by Crippen LogP contribution is -2.70. The molecule has 0 spiro atoms. The van der Waals surface area contributed by atoms with E-state index in [0.29, 0.717) is 23.4 Å². The average molecular weight is 889 g/mol. The SMILES string of the molecule is CC(C)(C)OC(=O)CCC(CO)NC(=O)C12CC3OC(=O)C1N(Cc1cccc(C=C4CCC5OC5(C)CCC5C4CC5(C)C)c1)OC2C1OC(c2ccccc2)(c2ccccc2)OC31. The lowest BCUT2D eigenvalue weighted by Gasteiger charge is -2.53. The zero-order valence-electron chi connectivity index (χ0n) is 38.5. The van der Waals surface area contributed by atoms with Crippen molar-refractivity contribution in [1.29, 1.82) is 0 Å². The number of benzene rings is 3. The number of aliphatic hydroxyl groups excluding tert-OH is 1. The summed E-state index contributed by atoms with van der Waals surface area (Å²) in [6.07, 6.45) is 4.88. The van der Waals surface area contributed by atoms with Crippen molar-refractivity contribution in [2.45, 2.75) is 159 Å². The Labute approximate surface area is 382 Å². The van der Waals surface area contributed by atoms with Crippen LogP contribution in [-0.4, -0.2) is 88.4 Å². The topological polar surface area (TPSA) is 145 Å². The smallest absolute Gasteiger partial charge is 0.327 e. The number of nitrogens with one attached hydrogen (secondary N) is 1. The van der Waals surface area contributed by atoms with Crippen molar-refractivity contribution in [3.05, 3.63) is 113 Å². The Hall–Kier alpha value is -4.43. The highest BCUT2D eigenvalue weighted by atomic mass is 16.8. The van der Waals surface area contributed by atoms with Gasteiger partial charge in [0.15, 0.2) is 6.04 Å². The van der Waals surface area contributed by atoms with Gasteiger partial charge in [0.05, 0.1) is 30.9 Å². The molecular weight excluding hydrogens is 825 g/mol. The summed E-state index contributed by atoms with van der Waals surface area (Å²) in [6, 6.07) is 25.7. The van der Waals surface area contributed by atoms with Gasteiger partial charge in [-0.25, -0.2) is 0 Å². The maximum Gasteiger partial charge on any atom is 0.327 e. The number of hydroxylamine groups is 2. The van der Waals surface area contributed by atoms with Crippen molar-refractivity contribution in [3.63, 3.8) is 0 Å². The minimum Gasteiger partial charge on any atom is -0.460 e. The first kappa shape index (κ1) is 44.4. The summed E-state index contributed by atoms with van der Waals surface area (Å²) in [5, 5.41) is 15.2. The monoisotopic (exact) mass is 888 g/mol. The molecule has 346 valence electrons. The number of carbonyl (C=O) groups is 3. The lowest BCUT2D eigenvalue weighted by atomic mass is 9.52. The molecule has 3 aliphatic carbocycles. The number of epoxide rings is 1. The third-order valence-electron chi connectivity index (χ3n) is 15.6. The summed E-state index contributed by atoms with van der Waals surface area (Å²) in [5.74, 6) is -1.76. The van der Waals surface area contributed by atoms with Gasteiger partial charge >= 0.3 is 11.9 Å². The van der Waals surface area contributed by atoms with Crippen LogP contribution in [0.5, 0.6) is 0 Å². The van der Waals surface area contributed by atoms with Gasteiger partial charge in [-0.15, -0.1) is 0 Å². The summed E-state index contributed by atoms with van der Waals surface area (Å²) in [6.45, 7) is 12.2. The third kappa shape index (κ3) is 7.95. The standard InChI is InChI=1S/C53H64N2O10/c1-49(2,3)62-42(57)23-21-37(31-56)54-48(59)52-29-40-43-44(64-53(63-43,35-16-9-7-10-17-35)36-18-11-8-12-19-36)46(52)65-55(45(52)47(58)60-40)30-33-15-13-14-32(26-33)27-34-20-22-41-51(6,61-41)25-24-39-38(34)28-50(39,4)5/h7-19,26-27,37-41,43-46,56H,20-25,28-31H2,1-6H3,(H,54,59). The number of carbonyl (C=O) groups excluding carboxylic acids is 3. The molecular formula is C53H64N2O10. The number of hydrogen-bond acceptors (Lipinski definition) is 11. The number of rotatable bonds is 11. The Balaban J connectivity index is 0.980. The highest BCUT2D eigenvalue weighted by molar-refractivity contribution is 5.94. The van der Waals surface area contributed by atoms with Crippen LogP contribution in [0.4, 0.5) is 0 Å². The minimum atomic E-state index is -1.50. The Kier molecular flexibility index (Phi) is 11.2. The van der Waals surface area contributed by atoms with E-state index < -0.39 is 77.8 Å². The van der Waals surface area contributed by atoms with Crippen LogP contribution in [0.1, 0.15) is 115 Å². The van der Waals surface area contributed by atoms with Gasteiger partial charge < -0.3 is 34.1 Å². The van der Waals surface area contributed by atoms with Crippen LogP contribution >= 0.6 is 0 Å². The van der Waals surface area contributed by atoms with Crippen LogP contribution in [0.25, 0.3) is 6.08 Å². The first-order chi connectivity index (χ1) is 31.0. The summed E-state index contributed by atoms with van der Waals surface area (Å²) >= 11 is 0. The van der Waals surface area contributed by atoms with E-state index in [1.54, 1.807) is 25.8 Å². The third-order valence-corrected chi connectivity index (χ3v) is 15.6. The number of esters is 2. The molecule has 4 saturated heterocycles. The summed E-state index contributed by atoms with van der Waals surface area (Å²) in [5.41, 5.74) is 3.06. The van der Waals surface area contributed by atoms with E-state index in [1.807, 2.05) is 72.8 Å². The highest BCUT2D eigenvalue weighted by Crippen LogP contribution is 2.61. The van der Waals surface area contributed by atoms with Gasteiger partial charge in [-0.05, 0) is 94.6 Å². The van der Waals surface area contributed by atoms with E-state index in [0.717, 1.165) is 41.5 Å². The first-order valence-electron chi connectivity index (χ1n) is 23.7. The number of aliphatic hydroxyl groups is 1. The number of amides is 1. The molecule has 12 heteroatoms. The normalized spacial score (nSPS) is 35.2. The van der Waals surface area contributed by atoms with Gasteiger partial charge in [0.25, 0.3) is 0 Å². The molecule has 11 atom stereocenters. The molecule has 2 bridgehead atoms. The molecule has 3 saturated carbocycles. The Bertz CT molecular complexity index is 2290. The first-order valence-corrected chi connectivity index (χ1v) is 23.7. The number of ether oxygens (including phenoxy) is 5. The van der Waals surface area contributed by atoms with Crippen molar-refractivity contribution in [3.8, 4) is 0 Å². The van der Waals surface area contributed by atoms with E-state index in [1.165, 1.54) is 18.4 Å². The molecule has 65 heavy (non-hydrogen) atoms. The van der Waals surface area contributed by atoms with Gasteiger partial charge in [-0.3, -0.25) is 19.2 Å². The van der Waals surface area contributed by atoms with Gasteiger partial charge in [-0.1, -0.05) is 110 Å². The van der Waals surface area contributed by atoms with Crippen molar-refractivity contribution >= 4 is 23.9 Å². The number of hydrogen-bond donors (Lipinski definition) is 2. The molecule has 0 radical (unpaired) electrons. The van der Waals surface area contributed by atoms with Crippen LogP contribution in [0.3, 0.4) is 0 Å². The van der Waals surface area contributed by atoms with Crippen LogP contribution < -0.4 is 5.32 Å². The van der Waals surface area contributed by atoms with Crippen LogP contribution in [-0.2, 0) is 55.2 Å². The molecule has 3 aromatic carbocycles. The predicted molar refractivity (Wildman–Crippen MR) is 240 cm³/mol. The largest absolute Gasteiger partial charge is 0.460 e. The maximum atomic E-state index is 15.2. The van der Waals surface area contributed by atoms with E-state index in [4.69, 9.17) is 28.5 Å². The van der Waals surface area contributed by atoms with Gasteiger partial charge in [0, 0.05) is 24.0 Å². The zero-order chi connectivity index (χ0) is 45.5. The second kappa shape index (κ2) is 16.4. The van der Waals surface area contributed by atoms with Gasteiger partial charge in [0.1, 0.15) is 35.4 Å². The minimum absolute atomic E-state index is 0.00635. The Morgan fingerprint density at radius 3 is 2.31 bits per heavy atom. The second-order valence-corrected chi connectivity index (χ2v) is 21.6. The van der Waals surface area contributed by atoms with Crippen molar-refractivity contribution in [2.24, 2.45) is 22.7 Å². The van der Waals surface area contributed by atoms with Crippen LogP contribution in [0.2, 0.25) is 0 Å². The molecule has 7 aliphatic rings. The second-order valence-electron chi connectivity index (χ2n) is 21.6. The fourth-order valence-corrected chi connectivity index (χ4v) is 12.3. The predicted octanol–water partition coefficient (Wildman–Crippen LogP) is 7.55. The van der Waals surface area contributed by atoms with Crippen LogP contribution in [0.15, 0.2) is 90.5 Å². The van der Waals surface area contributed by atoms with E-state index in [-0.39, 0.29) is 31.4 Å². The van der Waals surface area contributed by atoms with Crippen molar-refractivity contribution < 1.29 is 48.0 Å². The van der Waals surface area contributed by atoms with E-state index in [2.05, 4.69) is 44.3 Å². The highest BCUT2D eigenvalue weighted by Gasteiger charge is 2.76. The fourth-order valence-electron chi connectivity index (χ4n) is 12.3. The molecule has 3 aromatic rings. The number of allylic oxidation sites excluding steroid dienone is 1. The summed E-state index contributed by atoms with van der Waals surface area (Å²) in [7, 11) is 0. The molecule has 4 heterocycles. The quantitative estimate of drug-likeness (QED) is 0.146. The molecule has 4 aliphatic heterocycles. The molecule has 2 N–H and O–H groups in total. The molecule has 10 rings (SSSR count). The van der Waals surface area contributed by atoms with Gasteiger partial charge in [0.2, 0.25) is 11.7 Å². The van der Waals surface area contributed by atoms with Crippen molar-refractivity contribution in [2.75, 3.05) is 6.61 Å². The van der Waals surface area contributed by atoms with Crippen molar-refractivity contribution in [1.82, 2.24) is 10.4 Å². The molecule has 7 fully saturated rings. The molecule has 11 unspecified atom stereocenters. The number of nitrogens with zero attached hydrogens (tertiary/aromatic N) is 1. The average Bonchev–Trinajstić information content (AvgIpc) is 3.54. The molecule has 1 amide bonds. The number of fused-ring (bicyclic) bond motifs is 6. The Morgan fingerprint density at radius 1 is 0.923 bits per heavy atom. The maximum absolute atomic E-state index is 15.2.